The average molecular weight is 942 g/mol. The Morgan fingerprint density at radius 3 is 0.734 bits per heavy atom. The first-order valence-corrected chi connectivity index (χ1v) is 32.1. The molecule has 0 spiro atoms. The van der Waals surface area contributed by atoms with Crippen molar-refractivity contribution >= 4 is 21.4 Å². The van der Waals surface area contributed by atoms with E-state index in [1.165, 1.54) is 283 Å². The number of hydrogen-bond acceptors (Lipinski definition) is 6. The van der Waals surface area contributed by atoms with Crippen LogP contribution in [-0.2, 0) is 13.3 Å². The predicted octanol–water partition coefficient (Wildman–Crippen LogP) is 18.6. The average Bonchev–Trinajstić information content (AvgIpc) is 3.30. The van der Waals surface area contributed by atoms with E-state index >= 15 is 0 Å². The summed E-state index contributed by atoms with van der Waals surface area (Å²) >= 11 is 4.64. The van der Waals surface area contributed by atoms with Gasteiger partial charge in [0, 0.05) is 25.7 Å². The highest BCUT2D eigenvalue weighted by Gasteiger charge is 2.40. The minimum absolute atomic E-state index is 0.653. The molecule has 7 heteroatoms. The van der Waals surface area contributed by atoms with Crippen molar-refractivity contribution in [2.24, 2.45) is 0 Å². The molecule has 0 saturated carbocycles. The molecule has 0 atom stereocenters. The van der Waals surface area contributed by atoms with Gasteiger partial charge in [-0.2, -0.15) is 12.6 Å². The first-order chi connectivity index (χ1) is 31.6. The zero-order chi connectivity index (χ0) is 46.5. The Bertz CT molecular complexity index is 750. The molecule has 0 aliphatic rings. The third-order valence-electron chi connectivity index (χ3n) is 13.8. The maximum absolute atomic E-state index is 6.92. The van der Waals surface area contributed by atoms with E-state index in [1.807, 2.05) is 0 Å². The molecular formula is C57H120N2O3SSi. The van der Waals surface area contributed by atoms with Gasteiger partial charge in [-0.05, 0) is 71.0 Å². The van der Waals surface area contributed by atoms with Crippen LogP contribution in [0.15, 0.2) is 0 Å². The van der Waals surface area contributed by atoms with Crippen LogP contribution >= 0.6 is 12.6 Å². The van der Waals surface area contributed by atoms with Gasteiger partial charge in [-0.3, -0.25) is 0 Å². The second-order valence-corrected chi connectivity index (χ2v) is 23.2. The molecule has 0 unspecified atom stereocenters. The van der Waals surface area contributed by atoms with Crippen LogP contribution in [0, 0.1) is 0 Å². The van der Waals surface area contributed by atoms with Gasteiger partial charge in [0.1, 0.15) is 0 Å². The van der Waals surface area contributed by atoms with Gasteiger partial charge in [-0.25, -0.2) is 0 Å². The second-order valence-electron chi connectivity index (χ2n) is 20.1. The molecular weight excluding hydrogens is 821 g/mol. The zero-order valence-corrected chi connectivity index (χ0v) is 46.7. The summed E-state index contributed by atoms with van der Waals surface area (Å²) < 4.78 is 20.4. The lowest BCUT2D eigenvalue weighted by Gasteiger charge is -2.32. The number of nitrogens with zero attached hydrogens (tertiary/aromatic N) is 2. The van der Waals surface area contributed by atoms with E-state index in [0.717, 1.165) is 44.5 Å². The highest BCUT2D eigenvalue weighted by atomic mass is 32.1. The number of unbranched alkanes of at least 4 members (excludes halogenated alkanes) is 36. The molecule has 0 aliphatic heterocycles. The van der Waals surface area contributed by atoms with Crippen molar-refractivity contribution in [2.75, 3.05) is 64.8 Å². The largest absolute Gasteiger partial charge is 0.501 e. The van der Waals surface area contributed by atoms with E-state index in [4.69, 9.17) is 13.3 Å². The number of rotatable bonds is 57. The Hall–Kier alpha value is 0.367. The summed E-state index contributed by atoms with van der Waals surface area (Å²) in [6.45, 7) is 20.2. The monoisotopic (exact) mass is 941 g/mol. The van der Waals surface area contributed by atoms with Crippen molar-refractivity contribution in [1.29, 1.82) is 0 Å². The van der Waals surface area contributed by atoms with Gasteiger partial charge >= 0.3 is 8.80 Å². The third kappa shape index (κ3) is 46.1. The van der Waals surface area contributed by atoms with Crippen LogP contribution in [0.2, 0.25) is 6.04 Å². The van der Waals surface area contributed by atoms with Crippen LogP contribution in [0.3, 0.4) is 0 Å². The molecule has 0 fully saturated rings. The minimum atomic E-state index is -2.81. The highest BCUT2D eigenvalue weighted by Crippen LogP contribution is 2.21. The zero-order valence-electron chi connectivity index (χ0n) is 44.8. The first kappa shape index (κ1) is 64.4. The van der Waals surface area contributed by atoms with Crippen LogP contribution in [0.25, 0.3) is 0 Å². The Morgan fingerprint density at radius 1 is 0.281 bits per heavy atom. The van der Waals surface area contributed by atoms with Crippen LogP contribution < -0.4 is 0 Å². The number of thiol groups is 1. The molecule has 0 N–H and O–H groups in total. The topological polar surface area (TPSA) is 34.2 Å². The molecule has 0 aliphatic carbocycles. The summed E-state index contributed by atoms with van der Waals surface area (Å²) in [5, 5.41) is 0. The highest BCUT2D eigenvalue weighted by molar-refractivity contribution is 7.80. The van der Waals surface area contributed by atoms with Crippen molar-refractivity contribution in [3.05, 3.63) is 0 Å². The molecule has 64 heavy (non-hydrogen) atoms. The lowest BCUT2D eigenvalue weighted by atomic mass is 10.1. The summed E-state index contributed by atoms with van der Waals surface area (Å²) in [4.78, 5) is 5.44. The summed E-state index contributed by atoms with van der Waals surface area (Å²) in [7, 11) is -2.81. The van der Waals surface area contributed by atoms with Gasteiger partial charge in [0.25, 0.3) is 0 Å². The summed E-state index contributed by atoms with van der Waals surface area (Å²) in [6.07, 6.45) is 56.8. The lowest BCUT2D eigenvalue weighted by molar-refractivity contribution is 0.0470. The Morgan fingerprint density at radius 2 is 0.516 bits per heavy atom. The predicted molar refractivity (Wildman–Crippen MR) is 293 cm³/mol. The van der Waals surface area contributed by atoms with E-state index in [9.17, 15) is 0 Å². The maximum Gasteiger partial charge on any atom is 0.501 e. The van der Waals surface area contributed by atoms with Gasteiger partial charge in [-0.15, -0.1) is 0 Å². The van der Waals surface area contributed by atoms with Gasteiger partial charge in [0.05, 0.1) is 13.2 Å². The van der Waals surface area contributed by atoms with Gasteiger partial charge in [0.15, 0.2) is 0 Å². The van der Waals surface area contributed by atoms with Crippen LogP contribution in [0.5, 0.6) is 0 Å². The third-order valence-corrected chi connectivity index (χ3v) is 17.1. The van der Waals surface area contributed by atoms with Crippen molar-refractivity contribution < 1.29 is 13.3 Å². The molecule has 0 bridgehead atoms. The minimum Gasteiger partial charge on any atom is -0.374 e. The second kappa shape index (κ2) is 54.3. The molecule has 0 heterocycles. The Kier molecular flexibility index (Phi) is 54.6. The van der Waals surface area contributed by atoms with E-state index in [2.05, 4.69) is 57.0 Å². The first-order valence-electron chi connectivity index (χ1n) is 29.6. The Balaban J connectivity index is 5.24. The van der Waals surface area contributed by atoms with Gasteiger partial charge in [0.2, 0.25) is 0 Å². The van der Waals surface area contributed by atoms with E-state index in [-0.39, 0.29) is 0 Å². The lowest BCUT2D eigenvalue weighted by Crippen LogP contribution is -2.49. The molecule has 0 saturated heterocycles. The van der Waals surface area contributed by atoms with Crippen molar-refractivity contribution in [3.8, 4) is 0 Å². The maximum atomic E-state index is 6.92. The van der Waals surface area contributed by atoms with E-state index in [0.29, 0.717) is 6.61 Å². The van der Waals surface area contributed by atoms with Crippen molar-refractivity contribution in [2.45, 2.75) is 304 Å². The summed E-state index contributed by atoms with van der Waals surface area (Å²) in [5.41, 5.74) is 0. The molecule has 0 rings (SSSR count). The van der Waals surface area contributed by atoms with Gasteiger partial charge in [-0.1, -0.05) is 259 Å². The SMILES string of the molecule is CCCCCCCCCCCCN(CCCCCCCCCCCC)CCO[Si](CCCS)(OCC)OCCN(CCCCCCCCCCCC)CCCCCCCCCCCC. The van der Waals surface area contributed by atoms with E-state index < -0.39 is 8.80 Å². The fourth-order valence-corrected chi connectivity index (χ4v) is 12.5. The molecule has 0 aromatic rings. The quantitative estimate of drug-likeness (QED) is 0.0373. The summed E-state index contributed by atoms with van der Waals surface area (Å²) in [5.74, 6) is 0.849. The van der Waals surface area contributed by atoms with Crippen LogP contribution in [-0.4, -0.2) is 83.4 Å². The standard InChI is InChI=1S/C57H120N2O3SSi/c1-6-11-15-19-23-27-31-35-39-43-48-58(49-44-40-36-32-28-24-20-16-12-7-2)52-54-61-64(60-10-5,57-47-56-63)62-55-53-59(50-45-41-37-33-29-25-21-17-13-8-3)51-46-42-38-34-30-26-22-18-14-9-4/h63H,6-57H2,1-5H3. The molecule has 386 valence electrons. The summed E-state index contributed by atoms with van der Waals surface area (Å²) in [6, 6.07) is 0.873. The molecule has 0 aromatic carbocycles. The molecule has 0 radical (unpaired) electrons. The normalized spacial score (nSPS) is 12.2. The van der Waals surface area contributed by atoms with Gasteiger partial charge < -0.3 is 23.1 Å². The van der Waals surface area contributed by atoms with Crippen molar-refractivity contribution in [3.63, 3.8) is 0 Å². The van der Waals surface area contributed by atoms with E-state index in [1.54, 1.807) is 0 Å². The fraction of sp³-hybridized carbons (Fsp3) is 1.00. The fourth-order valence-electron chi connectivity index (χ4n) is 9.48. The molecule has 0 amide bonds. The Labute approximate surface area is 411 Å². The molecule has 0 aromatic heterocycles. The molecule has 5 nitrogen and oxygen atoms in total. The number of hydrogen-bond donors (Lipinski definition) is 1. The smallest absolute Gasteiger partial charge is 0.374 e. The van der Waals surface area contributed by atoms with Crippen LogP contribution in [0.1, 0.15) is 298 Å². The van der Waals surface area contributed by atoms with Crippen LogP contribution in [0.4, 0.5) is 0 Å². The van der Waals surface area contributed by atoms with Crippen molar-refractivity contribution in [1.82, 2.24) is 9.80 Å².